The van der Waals surface area contributed by atoms with Crippen LogP contribution in [0.1, 0.15) is 59.3 Å². The molecule has 20 heavy (non-hydrogen) atoms. The van der Waals surface area contributed by atoms with Crippen LogP contribution < -0.4 is 0 Å². The second kappa shape index (κ2) is 6.25. The Balaban J connectivity index is 2.52. The molecule has 0 aromatic rings. The Morgan fingerprint density at radius 1 is 1.45 bits per heavy atom. The van der Waals surface area contributed by atoms with E-state index in [0.717, 1.165) is 12.8 Å². The molecule has 1 aliphatic rings. The van der Waals surface area contributed by atoms with Gasteiger partial charge in [-0.05, 0) is 46.0 Å². The van der Waals surface area contributed by atoms with Gasteiger partial charge >= 0.3 is 11.9 Å². The molecule has 0 amide bonds. The molecule has 0 spiro atoms. The van der Waals surface area contributed by atoms with Crippen LogP contribution in [-0.2, 0) is 14.3 Å². The lowest BCUT2D eigenvalue weighted by Gasteiger charge is -2.32. The zero-order valence-corrected chi connectivity index (χ0v) is 12.4. The fourth-order valence-corrected chi connectivity index (χ4v) is 2.69. The molecule has 0 radical (unpaired) electrons. The van der Waals surface area contributed by atoms with E-state index in [1.54, 1.807) is 0 Å². The van der Waals surface area contributed by atoms with Gasteiger partial charge in [0.05, 0.1) is 6.07 Å². The van der Waals surface area contributed by atoms with Crippen LogP contribution in [0.5, 0.6) is 0 Å². The molecule has 1 rings (SSSR count). The Labute approximate surface area is 119 Å². The first-order valence-electron chi connectivity index (χ1n) is 7.05. The third kappa shape index (κ3) is 4.52. The lowest BCUT2D eigenvalue weighted by atomic mass is 9.69. The Morgan fingerprint density at radius 2 is 2.10 bits per heavy atom. The number of nitrogens with zero attached hydrogens (tertiary/aromatic N) is 1. The van der Waals surface area contributed by atoms with Crippen LogP contribution in [-0.4, -0.2) is 22.6 Å². The smallest absolute Gasteiger partial charge is 0.324 e. The summed E-state index contributed by atoms with van der Waals surface area (Å²) >= 11 is 0. The first-order valence-corrected chi connectivity index (χ1v) is 7.05. The SMILES string of the molecule is CC(C)(C)OC(=O)CCC1CCCC(C#N)(C(=O)O)C1. The Hall–Kier alpha value is -1.57. The zero-order valence-electron chi connectivity index (χ0n) is 12.4. The standard InChI is InChI=1S/C15H23NO4/c1-14(2,3)20-12(17)7-6-11-5-4-8-15(9-11,10-16)13(18)19/h11H,4-9H2,1-3H3,(H,18,19). The minimum absolute atomic E-state index is 0.104. The summed E-state index contributed by atoms with van der Waals surface area (Å²) in [5.74, 6) is -1.20. The first-order chi connectivity index (χ1) is 9.18. The van der Waals surface area contributed by atoms with Crippen LogP contribution in [0, 0.1) is 22.7 Å². The summed E-state index contributed by atoms with van der Waals surface area (Å²) in [5, 5.41) is 18.4. The van der Waals surface area contributed by atoms with Crippen molar-refractivity contribution in [3.8, 4) is 6.07 Å². The molecular weight excluding hydrogens is 258 g/mol. The van der Waals surface area contributed by atoms with Crippen molar-refractivity contribution in [2.24, 2.45) is 11.3 Å². The normalized spacial score (nSPS) is 26.6. The van der Waals surface area contributed by atoms with Crippen molar-refractivity contribution >= 4 is 11.9 Å². The van der Waals surface area contributed by atoms with Gasteiger partial charge in [-0.1, -0.05) is 12.8 Å². The Morgan fingerprint density at radius 3 is 2.60 bits per heavy atom. The molecule has 0 saturated heterocycles. The lowest BCUT2D eigenvalue weighted by molar-refractivity contribution is -0.155. The Kier molecular flexibility index (Phi) is 5.15. The number of esters is 1. The molecule has 0 aromatic heterocycles. The molecule has 0 aliphatic heterocycles. The van der Waals surface area contributed by atoms with Gasteiger partial charge in [-0.25, -0.2) is 0 Å². The van der Waals surface area contributed by atoms with Gasteiger partial charge in [0.1, 0.15) is 5.60 Å². The number of carbonyl (C=O) groups excluding carboxylic acids is 1. The van der Waals surface area contributed by atoms with E-state index in [4.69, 9.17) is 10.00 Å². The number of ether oxygens (including phenoxy) is 1. The highest BCUT2D eigenvalue weighted by Gasteiger charge is 2.43. The van der Waals surface area contributed by atoms with Crippen molar-refractivity contribution in [1.29, 1.82) is 5.26 Å². The summed E-state index contributed by atoms with van der Waals surface area (Å²) in [4.78, 5) is 22.9. The van der Waals surface area contributed by atoms with Gasteiger partial charge in [0.25, 0.3) is 0 Å². The van der Waals surface area contributed by atoms with Crippen LogP contribution in [0.4, 0.5) is 0 Å². The summed E-state index contributed by atoms with van der Waals surface area (Å²) in [6.07, 6.45) is 3.20. The molecule has 2 atom stereocenters. The number of nitriles is 1. The van der Waals surface area contributed by atoms with E-state index < -0.39 is 17.0 Å². The molecule has 1 N–H and O–H groups in total. The molecule has 1 aliphatic carbocycles. The highest BCUT2D eigenvalue weighted by molar-refractivity contribution is 5.78. The van der Waals surface area contributed by atoms with Gasteiger partial charge in [-0.2, -0.15) is 5.26 Å². The van der Waals surface area contributed by atoms with Gasteiger partial charge in [0.2, 0.25) is 0 Å². The third-order valence-corrected chi connectivity index (χ3v) is 3.65. The zero-order chi connectivity index (χ0) is 15.4. The highest BCUT2D eigenvalue weighted by atomic mass is 16.6. The van der Waals surface area contributed by atoms with Crippen LogP contribution in [0.3, 0.4) is 0 Å². The average Bonchev–Trinajstić information content (AvgIpc) is 2.34. The van der Waals surface area contributed by atoms with Gasteiger partial charge in [-0.15, -0.1) is 0 Å². The monoisotopic (exact) mass is 281 g/mol. The minimum Gasteiger partial charge on any atom is -0.480 e. The molecule has 0 bridgehead atoms. The summed E-state index contributed by atoms with van der Waals surface area (Å²) < 4.78 is 5.23. The number of hydrogen-bond donors (Lipinski definition) is 1. The first kappa shape index (κ1) is 16.5. The average molecular weight is 281 g/mol. The van der Waals surface area contributed by atoms with Crippen molar-refractivity contribution in [3.05, 3.63) is 0 Å². The highest BCUT2D eigenvalue weighted by Crippen LogP contribution is 2.41. The van der Waals surface area contributed by atoms with Crippen LogP contribution in [0.2, 0.25) is 0 Å². The van der Waals surface area contributed by atoms with E-state index in [2.05, 4.69) is 0 Å². The molecule has 0 aromatic carbocycles. The quantitative estimate of drug-likeness (QED) is 0.800. The van der Waals surface area contributed by atoms with E-state index in [0.29, 0.717) is 19.3 Å². The molecule has 5 heteroatoms. The topological polar surface area (TPSA) is 87.4 Å². The predicted octanol–water partition coefficient (Wildman–Crippen LogP) is 2.89. The van der Waals surface area contributed by atoms with Crippen molar-refractivity contribution in [2.75, 3.05) is 0 Å². The number of carbonyl (C=O) groups is 2. The number of carboxylic acid groups (broad SMARTS) is 1. The maximum absolute atomic E-state index is 11.7. The van der Waals surface area contributed by atoms with E-state index >= 15 is 0 Å². The second-order valence-electron chi connectivity index (χ2n) is 6.59. The van der Waals surface area contributed by atoms with Gasteiger partial charge < -0.3 is 9.84 Å². The molecule has 1 saturated carbocycles. The maximum Gasteiger partial charge on any atom is 0.324 e. The van der Waals surface area contributed by atoms with Gasteiger partial charge in [0.15, 0.2) is 5.41 Å². The minimum atomic E-state index is -1.27. The van der Waals surface area contributed by atoms with Crippen molar-refractivity contribution in [3.63, 3.8) is 0 Å². The molecule has 112 valence electrons. The largest absolute Gasteiger partial charge is 0.480 e. The van der Waals surface area contributed by atoms with Crippen molar-refractivity contribution < 1.29 is 19.4 Å². The Bertz CT molecular complexity index is 419. The fourth-order valence-electron chi connectivity index (χ4n) is 2.69. The summed E-state index contributed by atoms with van der Waals surface area (Å²) in [6.45, 7) is 5.45. The number of hydrogen-bond acceptors (Lipinski definition) is 4. The number of aliphatic carboxylic acids is 1. The van der Waals surface area contributed by atoms with Gasteiger partial charge in [0, 0.05) is 6.42 Å². The molecule has 5 nitrogen and oxygen atoms in total. The fraction of sp³-hybridized carbons (Fsp3) is 0.800. The van der Waals surface area contributed by atoms with Gasteiger partial charge in [-0.3, -0.25) is 9.59 Å². The van der Waals surface area contributed by atoms with E-state index in [1.807, 2.05) is 26.8 Å². The van der Waals surface area contributed by atoms with Crippen molar-refractivity contribution in [2.45, 2.75) is 64.9 Å². The van der Waals surface area contributed by atoms with Crippen molar-refractivity contribution in [1.82, 2.24) is 0 Å². The predicted molar refractivity (Wildman–Crippen MR) is 72.7 cm³/mol. The number of carboxylic acids is 1. The molecule has 2 unspecified atom stereocenters. The van der Waals surface area contributed by atoms with Crippen LogP contribution in [0.25, 0.3) is 0 Å². The third-order valence-electron chi connectivity index (χ3n) is 3.65. The summed E-state index contributed by atoms with van der Waals surface area (Å²) in [5.41, 5.74) is -1.77. The molecule has 1 fully saturated rings. The number of rotatable bonds is 4. The summed E-state index contributed by atoms with van der Waals surface area (Å²) in [6, 6.07) is 1.96. The summed E-state index contributed by atoms with van der Waals surface area (Å²) in [7, 11) is 0. The molecule has 0 heterocycles. The second-order valence-corrected chi connectivity index (χ2v) is 6.59. The van der Waals surface area contributed by atoms with E-state index in [1.165, 1.54) is 0 Å². The van der Waals surface area contributed by atoms with Crippen LogP contribution in [0.15, 0.2) is 0 Å². The van der Waals surface area contributed by atoms with Crippen LogP contribution >= 0.6 is 0 Å². The lowest BCUT2D eigenvalue weighted by Crippen LogP contribution is -2.35. The van der Waals surface area contributed by atoms with E-state index in [9.17, 15) is 14.7 Å². The molecular formula is C15H23NO4. The van der Waals surface area contributed by atoms with E-state index in [-0.39, 0.29) is 18.3 Å². The maximum atomic E-state index is 11.7.